The summed E-state index contributed by atoms with van der Waals surface area (Å²) < 4.78 is 10.8. The van der Waals surface area contributed by atoms with E-state index in [1.807, 2.05) is 38.1 Å². The highest BCUT2D eigenvalue weighted by Gasteiger charge is 2.43. The first kappa shape index (κ1) is 25.7. The Labute approximate surface area is 202 Å². The van der Waals surface area contributed by atoms with Gasteiger partial charge < -0.3 is 25.0 Å². The number of anilines is 1. The van der Waals surface area contributed by atoms with Gasteiger partial charge in [-0.25, -0.2) is 4.79 Å². The van der Waals surface area contributed by atoms with Crippen LogP contribution in [0.15, 0.2) is 36.4 Å². The van der Waals surface area contributed by atoms with Crippen molar-refractivity contribution in [2.45, 2.75) is 71.1 Å². The van der Waals surface area contributed by atoms with Crippen molar-refractivity contribution in [3.8, 4) is 0 Å². The van der Waals surface area contributed by atoms with Crippen LogP contribution in [0.2, 0.25) is 0 Å². The van der Waals surface area contributed by atoms with Gasteiger partial charge in [0, 0.05) is 50.4 Å². The molecule has 0 bridgehead atoms. The maximum Gasteiger partial charge on any atom is 0.408 e. The van der Waals surface area contributed by atoms with E-state index in [-0.39, 0.29) is 23.8 Å². The number of carbonyl (C=O) groups is 3. The van der Waals surface area contributed by atoms with Gasteiger partial charge in [0.15, 0.2) is 0 Å². The Morgan fingerprint density at radius 3 is 2.47 bits per heavy atom. The molecule has 0 aromatic heterocycles. The molecule has 3 amide bonds. The smallest absolute Gasteiger partial charge is 0.408 e. The number of amides is 3. The Morgan fingerprint density at radius 1 is 1.15 bits per heavy atom. The zero-order valence-corrected chi connectivity index (χ0v) is 20.8. The Hall–Kier alpha value is -2.87. The molecule has 3 rings (SSSR count). The molecule has 34 heavy (non-hydrogen) atoms. The van der Waals surface area contributed by atoms with Gasteiger partial charge in [0.05, 0.1) is 0 Å². The lowest BCUT2D eigenvalue weighted by molar-refractivity contribution is -0.132. The van der Waals surface area contributed by atoms with E-state index >= 15 is 0 Å². The number of hydrogen-bond donors (Lipinski definition) is 2. The van der Waals surface area contributed by atoms with Gasteiger partial charge in [-0.05, 0) is 44.7 Å². The van der Waals surface area contributed by atoms with Crippen LogP contribution in [-0.4, -0.2) is 54.8 Å². The Kier molecular flexibility index (Phi) is 8.02. The van der Waals surface area contributed by atoms with Gasteiger partial charge in [-0.3, -0.25) is 9.59 Å². The number of fused-ring (bicyclic) bond motifs is 1. The number of alkyl carbamates (subject to hydrolysis) is 1. The summed E-state index contributed by atoms with van der Waals surface area (Å²) in [6.45, 7) is 10.6. The number of nitrogens with zero attached hydrogens (tertiary/aromatic N) is 1. The Balaban J connectivity index is 1.71. The molecule has 186 valence electrons. The summed E-state index contributed by atoms with van der Waals surface area (Å²) >= 11 is 0. The molecule has 2 heterocycles. The van der Waals surface area contributed by atoms with Crippen molar-refractivity contribution < 1.29 is 23.9 Å². The summed E-state index contributed by atoms with van der Waals surface area (Å²) in [6.07, 6.45) is 4.16. The van der Waals surface area contributed by atoms with Crippen molar-refractivity contribution in [2.24, 2.45) is 5.92 Å². The SMILES string of the molecule is CC(C)[C@@H](/C=C/C(=O)N1CCc2ccccc21)NC(=O)C1(NC(=O)OC(C)(C)C)CCOCC1. The highest BCUT2D eigenvalue weighted by molar-refractivity contribution is 6.03. The summed E-state index contributed by atoms with van der Waals surface area (Å²) in [6, 6.07) is 7.51. The minimum absolute atomic E-state index is 0.0391. The first-order valence-corrected chi connectivity index (χ1v) is 12.0. The van der Waals surface area contributed by atoms with E-state index in [1.54, 1.807) is 31.7 Å². The lowest BCUT2D eigenvalue weighted by atomic mass is 9.88. The van der Waals surface area contributed by atoms with E-state index in [9.17, 15) is 14.4 Å². The molecule has 1 fully saturated rings. The van der Waals surface area contributed by atoms with Crippen molar-refractivity contribution in [3.05, 3.63) is 42.0 Å². The predicted molar refractivity (Wildman–Crippen MR) is 131 cm³/mol. The summed E-state index contributed by atoms with van der Waals surface area (Å²) in [5, 5.41) is 5.84. The second-order valence-electron chi connectivity index (χ2n) is 10.3. The normalized spacial score (nSPS) is 18.5. The molecule has 0 aliphatic carbocycles. The van der Waals surface area contributed by atoms with Gasteiger partial charge in [0.2, 0.25) is 5.91 Å². The molecule has 2 N–H and O–H groups in total. The fourth-order valence-electron chi connectivity index (χ4n) is 4.20. The number of carbonyl (C=O) groups excluding carboxylic acids is 3. The van der Waals surface area contributed by atoms with Crippen LogP contribution in [-0.2, 0) is 25.5 Å². The molecule has 1 aromatic carbocycles. The van der Waals surface area contributed by atoms with Crippen LogP contribution in [0.3, 0.4) is 0 Å². The molecule has 1 saturated heterocycles. The minimum atomic E-state index is -1.13. The highest BCUT2D eigenvalue weighted by atomic mass is 16.6. The predicted octanol–water partition coefficient (Wildman–Crippen LogP) is 3.35. The van der Waals surface area contributed by atoms with Gasteiger partial charge in [-0.2, -0.15) is 0 Å². The average molecular weight is 472 g/mol. The molecule has 0 unspecified atom stereocenters. The van der Waals surface area contributed by atoms with E-state index in [0.717, 1.165) is 17.7 Å². The molecule has 2 aliphatic heterocycles. The number of ether oxygens (including phenoxy) is 2. The number of hydrogen-bond acceptors (Lipinski definition) is 5. The number of rotatable bonds is 6. The lowest BCUT2D eigenvalue weighted by Crippen LogP contribution is -2.63. The summed E-state index contributed by atoms with van der Waals surface area (Å²) in [5.41, 5.74) is 0.294. The van der Waals surface area contributed by atoms with Gasteiger partial charge >= 0.3 is 6.09 Å². The minimum Gasteiger partial charge on any atom is -0.444 e. The van der Waals surface area contributed by atoms with Crippen molar-refractivity contribution in [1.29, 1.82) is 0 Å². The van der Waals surface area contributed by atoms with E-state index < -0.39 is 17.2 Å². The quantitative estimate of drug-likeness (QED) is 0.620. The molecule has 1 atom stereocenters. The second-order valence-corrected chi connectivity index (χ2v) is 10.3. The third-order valence-electron chi connectivity index (χ3n) is 6.14. The summed E-state index contributed by atoms with van der Waals surface area (Å²) in [5.74, 6) is -0.376. The molecule has 2 aliphatic rings. The van der Waals surface area contributed by atoms with Crippen molar-refractivity contribution in [2.75, 3.05) is 24.7 Å². The molecule has 8 nitrogen and oxygen atoms in total. The maximum absolute atomic E-state index is 13.4. The maximum atomic E-state index is 13.4. The summed E-state index contributed by atoms with van der Waals surface area (Å²) in [7, 11) is 0. The molecule has 8 heteroatoms. The van der Waals surface area contributed by atoms with Crippen LogP contribution in [0.1, 0.15) is 53.0 Å². The molecule has 0 spiro atoms. The van der Waals surface area contributed by atoms with E-state index in [2.05, 4.69) is 10.6 Å². The Bertz CT molecular complexity index is 929. The zero-order chi connectivity index (χ0) is 24.9. The van der Waals surface area contributed by atoms with Crippen molar-refractivity contribution in [3.63, 3.8) is 0 Å². The van der Waals surface area contributed by atoms with Crippen LogP contribution in [0.4, 0.5) is 10.5 Å². The molecule has 0 radical (unpaired) electrons. The third kappa shape index (κ3) is 6.38. The van der Waals surface area contributed by atoms with E-state index in [4.69, 9.17) is 9.47 Å². The standard InChI is InChI=1S/C26H37N3O5/c1-18(2)20(10-11-22(30)29-15-12-19-8-6-7-9-21(19)29)27-23(31)26(13-16-33-17-14-26)28-24(32)34-25(3,4)5/h6-11,18,20H,12-17H2,1-5H3,(H,27,31)(H,28,32)/b11-10+/t20-/m1/s1. The second kappa shape index (κ2) is 10.6. The van der Waals surface area contributed by atoms with Gasteiger partial charge in [-0.15, -0.1) is 0 Å². The number of para-hydroxylation sites is 1. The van der Waals surface area contributed by atoms with Crippen molar-refractivity contribution >= 4 is 23.6 Å². The van der Waals surface area contributed by atoms with Crippen LogP contribution >= 0.6 is 0 Å². The van der Waals surface area contributed by atoms with Crippen LogP contribution < -0.4 is 15.5 Å². The first-order chi connectivity index (χ1) is 16.0. The summed E-state index contributed by atoms with van der Waals surface area (Å²) in [4.78, 5) is 40.6. The molecular formula is C26H37N3O5. The van der Waals surface area contributed by atoms with Gasteiger partial charge in [0.1, 0.15) is 11.1 Å². The topological polar surface area (TPSA) is 97.0 Å². The highest BCUT2D eigenvalue weighted by Crippen LogP contribution is 2.28. The van der Waals surface area contributed by atoms with Crippen LogP contribution in [0.5, 0.6) is 0 Å². The lowest BCUT2D eigenvalue weighted by Gasteiger charge is -2.38. The average Bonchev–Trinajstić information content (AvgIpc) is 3.19. The first-order valence-electron chi connectivity index (χ1n) is 12.0. The van der Waals surface area contributed by atoms with E-state index in [1.165, 1.54) is 6.08 Å². The zero-order valence-electron chi connectivity index (χ0n) is 20.8. The Morgan fingerprint density at radius 2 is 1.82 bits per heavy atom. The van der Waals surface area contributed by atoms with Gasteiger partial charge in [0.25, 0.3) is 5.91 Å². The fraction of sp³-hybridized carbons (Fsp3) is 0.577. The number of nitrogens with one attached hydrogen (secondary N) is 2. The third-order valence-corrected chi connectivity index (χ3v) is 6.14. The largest absolute Gasteiger partial charge is 0.444 e. The molecule has 1 aromatic rings. The molecule has 0 saturated carbocycles. The van der Waals surface area contributed by atoms with E-state index in [0.29, 0.717) is 32.6 Å². The number of benzene rings is 1. The van der Waals surface area contributed by atoms with Gasteiger partial charge in [-0.1, -0.05) is 38.1 Å². The molecular weight excluding hydrogens is 434 g/mol. The van der Waals surface area contributed by atoms with Crippen LogP contribution in [0, 0.1) is 5.92 Å². The monoisotopic (exact) mass is 471 g/mol. The van der Waals surface area contributed by atoms with Crippen LogP contribution in [0.25, 0.3) is 0 Å². The van der Waals surface area contributed by atoms with Crippen molar-refractivity contribution in [1.82, 2.24) is 10.6 Å². The fourth-order valence-corrected chi connectivity index (χ4v) is 4.20.